The zero-order valence-corrected chi connectivity index (χ0v) is 16.0. The molecule has 1 aliphatic rings. The van der Waals surface area contributed by atoms with Crippen LogP contribution in [0.5, 0.6) is 0 Å². The van der Waals surface area contributed by atoms with Crippen LogP contribution in [0.1, 0.15) is 5.56 Å². The molecule has 2 atom stereocenters. The molecule has 8 heteroatoms. The number of aliphatic hydroxyl groups is 1. The Kier molecular flexibility index (Phi) is 5.54. The molecule has 3 heterocycles. The van der Waals surface area contributed by atoms with Gasteiger partial charge in [0.05, 0.1) is 36.7 Å². The van der Waals surface area contributed by atoms with E-state index in [2.05, 4.69) is 34.3 Å². The minimum Gasteiger partial charge on any atom is -0.377 e. The first-order valence-electron chi connectivity index (χ1n) is 9.54. The molecule has 2 unspecified atom stereocenters. The van der Waals surface area contributed by atoms with E-state index in [1.165, 1.54) is 5.56 Å². The average molecular weight is 382 g/mol. The monoisotopic (exact) mass is 382 g/mol. The van der Waals surface area contributed by atoms with E-state index in [4.69, 9.17) is 15.6 Å². The van der Waals surface area contributed by atoms with Crippen LogP contribution in [0.25, 0.3) is 16.6 Å². The van der Waals surface area contributed by atoms with Crippen molar-refractivity contribution in [2.45, 2.75) is 19.2 Å². The van der Waals surface area contributed by atoms with Crippen molar-refractivity contribution < 1.29 is 9.84 Å². The molecule has 0 saturated carbocycles. The van der Waals surface area contributed by atoms with Gasteiger partial charge in [-0.1, -0.05) is 17.7 Å². The molecule has 0 aliphatic carbocycles. The largest absolute Gasteiger partial charge is 0.377 e. The van der Waals surface area contributed by atoms with E-state index < -0.39 is 6.23 Å². The molecule has 0 bridgehead atoms. The van der Waals surface area contributed by atoms with Crippen LogP contribution in [0.15, 0.2) is 42.7 Å². The molecule has 28 heavy (non-hydrogen) atoms. The normalized spacial score (nSPS) is 18.5. The highest BCUT2D eigenvalue weighted by atomic mass is 16.5. The minimum atomic E-state index is -0.759. The maximum absolute atomic E-state index is 10.6. The molecule has 8 nitrogen and oxygen atoms in total. The number of nitrogens with two attached hydrogens (primary N) is 1. The van der Waals surface area contributed by atoms with Gasteiger partial charge in [0.2, 0.25) is 0 Å². The fourth-order valence-corrected chi connectivity index (χ4v) is 3.56. The van der Waals surface area contributed by atoms with E-state index >= 15 is 0 Å². The Labute approximate surface area is 163 Å². The first kappa shape index (κ1) is 18.8. The smallest absolute Gasteiger partial charge is 0.159 e. The minimum absolute atomic E-state index is 0.252. The molecular weight excluding hydrogens is 356 g/mol. The molecule has 3 aromatic rings. The number of aryl methyl sites for hydroxylation is 1. The average Bonchev–Trinajstić information content (AvgIpc) is 3.12. The summed E-state index contributed by atoms with van der Waals surface area (Å²) in [5, 5.41) is 19.6. The third-order valence-electron chi connectivity index (χ3n) is 5.04. The van der Waals surface area contributed by atoms with Crippen molar-refractivity contribution in [1.82, 2.24) is 20.1 Å². The van der Waals surface area contributed by atoms with Gasteiger partial charge in [-0.2, -0.15) is 0 Å². The summed E-state index contributed by atoms with van der Waals surface area (Å²) in [6.45, 7) is 4.71. The summed E-state index contributed by atoms with van der Waals surface area (Å²) in [4.78, 5) is 6.41. The van der Waals surface area contributed by atoms with E-state index in [1.54, 1.807) is 6.20 Å². The van der Waals surface area contributed by atoms with Gasteiger partial charge in [0.1, 0.15) is 6.23 Å². The second-order valence-corrected chi connectivity index (χ2v) is 6.99. The molecule has 0 amide bonds. The van der Waals surface area contributed by atoms with Gasteiger partial charge in [0, 0.05) is 31.2 Å². The predicted molar refractivity (Wildman–Crippen MR) is 109 cm³/mol. The second-order valence-electron chi connectivity index (χ2n) is 6.99. The lowest BCUT2D eigenvalue weighted by Gasteiger charge is -2.38. The molecule has 4 rings (SSSR count). The van der Waals surface area contributed by atoms with Crippen molar-refractivity contribution >= 4 is 16.7 Å². The van der Waals surface area contributed by atoms with E-state index in [0.29, 0.717) is 32.8 Å². The molecule has 4 N–H and O–H groups in total. The molecule has 1 saturated heterocycles. The predicted octanol–water partition coefficient (Wildman–Crippen LogP) is 0.801. The van der Waals surface area contributed by atoms with Crippen molar-refractivity contribution in [3.05, 3.63) is 48.3 Å². The molecule has 1 fully saturated rings. The molecule has 1 aliphatic heterocycles. The number of benzene rings is 1. The molecule has 1 aromatic carbocycles. The van der Waals surface area contributed by atoms with Gasteiger partial charge in [0.15, 0.2) is 5.82 Å². The number of rotatable bonds is 6. The van der Waals surface area contributed by atoms with Crippen LogP contribution in [0, 0.1) is 6.92 Å². The standard InChI is InChI=1S/C20H26N6O2/c1-14-2-4-15(5-3-14)26-17-12-22-8-6-16(17)19(24-26)25-10-11-28-13-18(25)20(27)23-9-7-21/h2-6,8,12,18,20,23,27H,7,9-11,13,21H2,1H3. The Morgan fingerprint density at radius 3 is 2.93 bits per heavy atom. The molecule has 0 radical (unpaired) electrons. The highest BCUT2D eigenvalue weighted by molar-refractivity contribution is 5.91. The van der Waals surface area contributed by atoms with Crippen molar-refractivity contribution in [2.75, 3.05) is 37.7 Å². The lowest BCUT2D eigenvalue weighted by Crippen LogP contribution is -2.57. The van der Waals surface area contributed by atoms with Gasteiger partial charge in [-0.3, -0.25) is 10.3 Å². The summed E-state index contributed by atoms with van der Waals surface area (Å²) in [5.41, 5.74) is 8.66. The second kappa shape index (κ2) is 8.24. The fraction of sp³-hybridized carbons (Fsp3) is 0.400. The maximum Gasteiger partial charge on any atom is 0.159 e. The van der Waals surface area contributed by atoms with E-state index in [9.17, 15) is 5.11 Å². The number of hydrogen-bond acceptors (Lipinski definition) is 7. The van der Waals surface area contributed by atoms with Gasteiger partial charge >= 0.3 is 0 Å². The lowest BCUT2D eigenvalue weighted by atomic mass is 10.1. The van der Waals surface area contributed by atoms with Gasteiger partial charge in [-0.05, 0) is 25.1 Å². The number of anilines is 1. The molecule has 0 spiro atoms. The Morgan fingerprint density at radius 2 is 2.14 bits per heavy atom. The van der Waals surface area contributed by atoms with Gasteiger partial charge in [0.25, 0.3) is 0 Å². The number of pyridine rings is 1. The topological polar surface area (TPSA) is 101 Å². The first-order chi connectivity index (χ1) is 13.7. The van der Waals surface area contributed by atoms with Crippen molar-refractivity contribution in [1.29, 1.82) is 0 Å². The maximum atomic E-state index is 10.6. The zero-order valence-electron chi connectivity index (χ0n) is 16.0. The van der Waals surface area contributed by atoms with E-state index in [-0.39, 0.29) is 6.04 Å². The zero-order chi connectivity index (χ0) is 19.5. The van der Waals surface area contributed by atoms with E-state index in [1.807, 2.05) is 29.1 Å². The number of hydrogen-bond donors (Lipinski definition) is 3. The van der Waals surface area contributed by atoms with Crippen molar-refractivity contribution in [3.8, 4) is 5.69 Å². The van der Waals surface area contributed by atoms with Crippen LogP contribution in [0.3, 0.4) is 0 Å². The summed E-state index contributed by atoms with van der Waals surface area (Å²) in [6, 6.07) is 9.95. The number of ether oxygens (including phenoxy) is 1. The van der Waals surface area contributed by atoms with Crippen molar-refractivity contribution in [3.63, 3.8) is 0 Å². The molecular formula is C20H26N6O2. The molecule has 148 valence electrons. The van der Waals surface area contributed by atoms with Crippen molar-refractivity contribution in [2.24, 2.45) is 5.73 Å². The number of aliphatic hydroxyl groups excluding tert-OH is 1. The number of nitrogens with one attached hydrogen (secondary N) is 1. The van der Waals surface area contributed by atoms with Crippen LogP contribution in [0.2, 0.25) is 0 Å². The summed E-state index contributed by atoms with van der Waals surface area (Å²) in [6.07, 6.45) is 2.83. The van der Waals surface area contributed by atoms with Gasteiger partial charge < -0.3 is 20.5 Å². The summed E-state index contributed by atoms with van der Waals surface area (Å²) >= 11 is 0. The summed E-state index contributed by atoms with van der Waals surface area (Å²) in [5.74, 6) is 0.819. The fourth-order valence-electron chi connectivity index (χ4n) is 3.56. The van der Waals surface area contributed by atoms with Crippen LogP contribution >= 0.6 is 0 Å². The van der Waals surface area contributed by atoms with E-state index in [0.717, 1.165) is 22.4 Å². The van der Waals surface area contributed by atoms with Crippen LogP contribution in [0.4, 0.5) is 5.82 Å². The highest BCUT2D eigenvalue weighted by Gasteiger charge is 2.32. The van der Waals surface area contributed by atoms with Gasteiger partial charge in [-0.15, -0.1) is 5.10 Å². The SMILES string of the molecule is Cc1ccc(-n2nc(N3CCOCC3C(O)NCCN)c3ccncc32)cc1. The quantitative estimate of drug-likeness (QED) is 0.542. The lowest BCUT2D eigenvalue weighted by molar-refractivity contribution is 0.0219. The third kappa shape index (κ3) is 3.59. The van der Waals surface area contributed by atoms with Crippen LogP contribution in [-0.4, -0.2) is 65.0 Å². The number of nitrogens with zero attached hydrogens (tertiary/aromatic N) is 4. The Balaban J connectivity index is 1.76. The summed E-state index contributed by atoms with van der Waals surface area (Å²) < 4.78 is 7.54. The third-order valence-corrected chi connectivity index (χ3v) is 5.04. The highest BCUT2D eigenvalue weighted by Crippen LogP contribution is 2.30. The summed E-state index contributed by atoms with van der Waals surface area (Å²) in [7, 11) is 0. The number of morpholine rings is 1. The van der Waals surface area contributed by atoms with Crippen LogP contribution < -0.4 is 16.0 Å². The Hall–Kier alpha value is -2.52. The number of aromatic nitrogens is 3. The number of fused-ring (bicyclic) bond motifs is 1. The molecule has 2 aromatic heterocycles. The van der Waals surface area contributed by atoms with Crippen LogP contribution in [-0.2, 0) is 4.74 Å². The first-order valence-corrected chi connectivity index (χ1v) is 9.54. The Bertz CT molecular complexity index is 926. The van der Waals surface area contributed by atoms with Gasteiger partial charge in [-0.25, -0.2) is 4.68 Å². The Morgan fingerprint density at radius 1 is 1.32 bits per heavy atom.